The van der Waals surface area contributed by atoms with Crippen molar-refractivity contribution in [3.05, 3.63) is 35.5 Å². The molecule has 1 N–H and O–H groups in total. The topological polar surface area (TPSA) is 69.7 Å². The molecule has 0 aromatic heterocycles. The quantitative estimate of drug-likeness (QED) is 0.811. The van der Waals surface area contributed by atoms with Crippen LogP contribution in [0.25, 0.3) is 5.57 Å². The lowest BCUT2D eigenvalue weighted by Gasteiger charge is -2.37. The molecule has 1 aromatic carbocycles. The molecule has 2 aliphatic heterocycles. The van der Waals surface area contributed by atoms with Crippen LogP contribution in [0.15, 0.2) is 30.0 Å². The molecule has 0 spiro atoms. The van der Waals surface area contributed by atoms with Crippen molar-refractivity contribution < 1.29 is 14.4 Å². The zero-order chi connectivity index (χ0) is 20.6. The highest BCUT2D eigenvalue weighted by atomic mass is 16.2. The second-order valence-electron chi connectivity index (χ2n) is 8.41. The van der Waals surface area contributed by atoms with Crippen LogP contribution in [0.2, 0.25) is 0 Å². The van der Waals surface area contributed by atoms with Gasteiger partial charge in [0.15, 0.2) is 0 Å². The van der Waals surface area contributed by atoms with Crippen molar-refractivity contribution >= 4 is 29.0 Å². The van der Waals surface area contributed by atoms with Gasteiger partial charge < -0.3 is 10.2 Å². The van der Waals surface area contributed by atoms with E-state index in [1.54, 1.807) is 24.3 Å². The molecule has 0 bridgehead atoms. The van der Waals surface area contributed by atoms with Crippen molar-refractivity contribution in [2.45, 2.75) is 47.1 Å². The van der Waals surface area contributed by atoms with Gasteiger partial charge in [0.25, 0.3) is 11.8 Å². The summed E-state index contributed by atoms with van der Waals surface area (Å²) in [6.07, 6.45) is 1.13. The first-order valence-electron chi connectivity index (χ1n) is 9.94. The van der Waals surface area contributed by atoms with Crippen molar-refractivity contribution in [2.75, 3.05) is 18.4 Å². The predicted octanol–water partition coefficient (Wildman–Crippen LogP) is 3.11. The minimum Gasteiger partial charge on any atom is -0.366 e. The normalized spacial score (nSPS) is 23.1. The number of hydrogen-bond acceptors (Lipinski definition) is 4. The van der Waals surface area contributed by atoms with Crippen molar-refractivity contribution in [3.8, 4) is 0 Å². The third kappa shape index (κ3) is 3.81. The summed E-state index contributed by atoms with van der Waals surface area (Å²) in [5, 5.41) is 2.73. The molecule has 6 heteroatoms. The van der Waals surface area contributed by atoms with Crippen molar-refractivity contribution in [1.29, 1.82) is 0 Å². The van der Waals surface area contributed by atoms with Gasteiger partial charge in [0.2, 0.25) is 5.91 Å². The van der Waals surface area contributed by atoms with Gasteiger partial charge in [0.05, 0.1) is 5.57 Å². The highest BCUT2D eigenvalue weighted by Crippen LogP contribution is 2.36. The molecule has 0 saturated carbocycles. The highest BCUT2D eigenvalue weighted by Gasteiger charge is 2.43. The maximum absolute atomic E-state index is 13.2. The Morgan fingerprint density at radius 1 is 1.04 bits per heavy atom. The third-order valence-electron chi connectivity index (χ3n) is 5.29. The van der Waals surface area contributed by atoms with Crippen LogP contribution in [-0.2, 0) is 14.4 Å². The maximum atomic E-state index is 13.2. The first-order valence-corrected chi connectivity index (χ1v) is 9.94. The summed E-state index contributed by atoms with van der Waals surface area (Å²) in [5.41, 5.74) is 2.35. The first kappa shape index (κ1) is 20.1. The van der Waals surface area contributed by atoms with Crippen molar-refractivity contribution in [2.24, 2.45) is 11.8 Å². The van der Waals surface area contributed by atoms with E-state index in [1.165, 1.54) is 11.8 Å². The summed E-state index contributed by atoms with van der Waals surface area (Å²) in [5.74, 6) is 0.337. The average molecular weight is 383 g/mol. The first-order chi connectivity index (χ1) is 13.2. The number of hydrogen-bond donors (Lipinski definition) is 1. The number of rotatable bonds is 4. The fraction of sp³-hybridized carbons (Fsp3) is 0.500. The van der Waals surface area contributed by atoms with Crippen LogP contribution in [0.5, 0.6) is 0 Å². The molecule has 0 aliphatic carbocycles. The van der Waals surface area contributed by atoms with Crippen molar-refractivity contribution in [1.82, 2.24) is 9.80 Å². The van der Waals surface area contributed by atoms with Gasteiger partial charge in [0, 0.05) is 31.7 Å². The summed E-state index contributed by atoms with van der Waals surface area (Å²) in [4.78, 5) is 41.1. The number of anilines is 1. The second kappa shape index (κ2) is 7.78. The molecule has 2 atom stereocenters. The minimum absolute atomic E-state index is 0.151. The van der Waals surface area contributed by atoms with Gasteiger partial charge in [-0.2, -0.15) is 0 Å². The third-order valence-corrected chi connectivity index (χ3v) is 5.29. The largest absolute Gasteiger partial charge is 0.366 e. The van der Waals surface area contributed by atoms with Crippen LogP contribution < -0.4 is 5.32 Å². The Balaban J connectivity index is 2.05. The van der Waals surface area contributed by atoms with E-state index >= 15 is 0 Å². The number of benzene rings is 1. The summed E-state index contributed by atoms with van der Waals surface area (Å²) in [6, 6.07) is 6.92. The summed E-state index contributed by atoms with van der Waals surface area (Å²) in [6.45, 7) is 11.1. The number of imide groups is 1. The van der Waals surface area contributed by atoms with Crippen LogP contribution in [0.4, 0.5) is 5.69 Å². The van der Waals surface area contributed by atoms with Crippen LogP contribution >= 0.6 is 0 Å². The molecule has 2 unspecified atom stereocenters. The van der Waals surface area contributed by atoms with Gasteiger partial charge >= 0.3 is 0 Å². The fourth-order valence-electron chi connectivity index (χ4n) is 4.33. The van der Waals surface area contributed by atoms with Gasteiger partial charge in [0.1, 0.15) is 5.70 Å². The highest BCUT2D eigenvalue weighted by molar-refractivity contribution is 6.35. The maximum Gasteiger partial charge on any atom is 0.278 e. The molecule has 0 radical (unpaired) electrons. The Morgan fingerprint density at radius 2 is 1.61 bits per heavy atom. The molecule has 2 heterocycles. The summed E-state index contributed by atoms with van der Waals surface area (Å²) >= 11 is 0. The molecule has 3 amide bonds. The number of likely N-dealkylation sites (tertiary alicyclic amines) is 1. The number of nitrogens with one attached hydrogen (secondary N) is 1. The van der Waals surface area contributed by atoms with Crippen LogP contribution in [-0.4, -0.2) is 46.7 Å². The molecule has 1 aromatic rings. The molecule has 28 heavy (non-hydrogen) atoms. The Hall–Kier alpha value is -2.63. The van der Waals surface area contributed by atoms with E-state index in [-0.39, 0.29) is 23.8 Å². The van der Waals surface area contributed by atoms with E-state index in [4.69, 9.17) is 0 Å². The van der Waals surface area contributed by atoms with Gasteiger partial charge in [-0.1, -0.05) is 26.0 Å². The number of carbonyl (C=O) groups excluding carboxylic acids is 3. The smallest absolute Gasteiger partial charge is 0.278 e. The molecule has 1 saturated heterocycles. The summed E-state index contributed by atoms with van der Waals surface area (Å²) in [7, 11) is 0. The van der Waals surface area contributed by atoms with E-state index in [9.17, 15) is 14.4 Å². The number of amides is 3. The summed E-state index contributed by atoms with van der Waals surface area (Å²) < 4.78 is 0. The van der Waals surface area contributed by atoms with E-state index in [0.717, 1.165) is 19.5 Å². The van der Waals surface area contributed by atoms with E-state index < -0.39 is 0 Å². The monoisotopic (exact) mass is 383 g/mol. The molecular weight excluding hydrogens is 354 g/mol. The zero-order valence-electron chi connectivity index (χ0n) is 17.3. The minimum atomic E-state index is -0.242. The van der Waals surface area contributed by atoms with Crippen LogP contribution in [0, 0.1) is 11.8 Å². The molecule has 3 rings (SSSR count). The number of carbonyl (C=O) groups is 3. The average Bonchev–Trinajstić information content (AvgIpc) is 2.85. The van der Waals surface area contributed by atoms with E-state index in [0.29, 0.717) is 34.4 Å². The lowest BCUT2D eigenvalue weighted by Crippen LogP contribution is -2.43. The molecule has 150 valence electrons. The van der Waals surface area contributed by atoms with Crippen LogP contribution in [0.3, 0.4) is 0 Å². The molecule has 2 aliphatic rings. The second-order valence-corrected chi connectivity index (χ2v) is 8.41. The van der Waals surface area contributed by atoms with Crippen molar-refractivity contribution in [3.63, 3.8) is 0 Å². The van der Waals surface area contributed by atoms with Crippen LogP contribution in [0.1, 0.15) is 46.6 Å². The lowest BCUT2D eigenvalue weighted by molar-refractivity contribution is -0.139. The Kier molecular flexibility index (Phi) is 5.59. The van der Waals surface area contributed by atoms with Gasteiger partial charge in [-0.3, -0.25) is 19.3 Å². The number of nitrogens with zero attached hydrogens (tertiary/aromatic N) is 2. The molecule has 1 fully saturated rings. The Morgan fingerprint density at radius 3 is 2.11 bits per heavy atom. The number of piperidine rings is 1. The van der Waals surface area contributed by atoms with E-state index in [2.05, 4.69) is 24.1 Å². The SMILES string of the molecule is CC(=O)Nc1ccc(C2=C(N3CC(C)CC(C)C3)C(=O)N(C(C)C)C2=O)cc1. The molecular formula is C22H29N3O3. The Labute approximate surface area is 166 Å². The van der Waals surface area contributed by atoms with Gasteiger partial charge in [-0.25, -0.2) is 0 Å². The zero-order valence-corrected chi connectivity index (χ0v) is 17.3. The standard InChI is InChI=1S/C22H29N3O3/c1-13(2)25-21(27)19(17-6-8-18(9-7-17)23-16(5)26)20(22(25)28)24-11-14(3)10-15(4)12-24/h6-9,13-15H,10-12H2,1-5H3,(H,23,26). The fourth-order valence-corrected chi connectivity index (χ4v) is 4.33. The van der Waals surface area contributed by atoms with E-state index in [1.807, 2.05) is 13.8 Å². The predicted molar refractivity (Wildman–Crippen MR) is 109 cm³/mol. The van der Waals surface area contributed by atoms with Gasteiger partial charge in [-0.15, -0.1) is 0 Å². The van der Waals surface area contributed by atoms with Gasteiger partial charge in [-0.05, 0) is 49.8 Å². The lowest BCUT2D eigenvalue weighted by atomic mass is 9.91. The Bertz CT molecular complexity index is 816. The molecule has 6 nitrogen and oxygen atoms in total.